The number of aryl methyl sites for hydroxylation is 1. The van der Waals surface area contributed by atoms with E-state index in [0.717, 1.165) is 34.7 Å². The number of anilines is 4. The van der Waals surface area contributed by atoms with E-state index in [-0.39, 0.29) is 11.9 Å². The molecule has 1 aromatic carbocycles. The number of nitrogens with one attached hydrogen (secondary N) is 1. The molecule has 3 N–H and O–H groups in total. The summed E-state index contributed by atoms with van der Waals surface area (Å²) < 4.78 is 0. The molecule has 174 valence electrons. The van der Waals surface area contributed by atoms with Gasteiger partial charge in [-0.3, -0.25) is 4.79 Å². The van der Waals surface area contributed by atoms with Crippen LogP contribution in [0.25, 0.3) is 10.3 Å². The van der Waals surface area contributed by atoms with E-state index in [9.17, 15) is 4.79 Å². The van der Waals surface area contributed by atoms with E-state index < -0.39 is 0 Å². The number of aromatic nitrogens is 3. The average Bonchev–Trinajstić information content (AvgIpc) is 3.25. The van der Waals surface area contributed by atoms with Gasteiger partial charge in [-0.15, -0.1) is 0 Å². The molecule has 9 heteroatoms. The predicted molar refractivity (Wildman–Crippen MR) is 137 cm³/mol. The monoisotopic (exact) mass is 473 g/mol. The Balaban J connectivity index is 1.33. The number of hydrogen-bond acceptors (Lipinski definition) is 8. The highest BCUT2D eigenvalue weighted by Crippen LogP contribution is 2.30. The molecule has 1 saturated heterocycles. The number of rotatable bonds is 5. The van der Waals surface area contributed by atoms with E-state index in [4.69, 9.17) is 10.7 Å². The molecule has 1 aliphatic rings. The summed E-state index contributed by atoms with van der Waals surface area (Å²) in [6.07, 6.45) is 3.31. The van der Waals surface area contributed by atoms with Gasteiger partial charge in [0, 0.05) is 43.6 Å². The topological polar surface area (TPSA) is 100 Å². The van der Waals surface area contributed by atoms with E-state index >= 15 is 0 Å². The number of carbonyl (C=O) groups is 1. The molecule has 1 aliphatic heterocycles. The highest BCUT2D eigenvalue weighted by molar-refractivity contribution is 7.21. The molecule has 0 saturated carbocycles. The van der Waals surface area contributed by atoms with Gasteiger partial charge in [0.05, 0.1) is 0 Å². The van der Waals surface area contributed by atoms with Gasteiger partial charge in [-0.25, -0.2) is 15.0 Å². The third-order valence-corrected chi connectivity index (χ3v) is 6.95. The van der Waals surface area contributed by atoms with Crippen molar-refractivity contribution in [3.8, 4) is 0 Å². The maximum atomic E-state index is 12.9. The molecule has 0 atom stereocenters. The molecule has 8 nitrogen and oxygen atoms in total. The summed E-state index contributed by atoms with van der Waals surface area (Å²) >= 11 is 1.45. The van der Waals surface area contributed by atoms with Crippen molar-refractivity contribution in [3.05, 3.63) is 65.9 Å². The van der Waals surface area contributed by atoms with Gasteiger partial charge < -0.3 is 20.9 Å². The number of fused-ring (bicyclic) bond motifs is 1. The Labute approximate surface area is 202 Å². The lowest BCUT2D eigenvalue weighted by atomic mass is 10.1. The van der Waals surface area contributed by atoms with E-state index in [1.807, 2.05) is 24.1 Å². The maximum absolute atomic E-state index is 12.9. The van der Waals surface area contributed by atoms with Crippen LogP contribution < -0.4 is 16.0 Å². The Morgan fingerprint density at radius 2 is 1.88 bits per heavy atom. The molecule has 0 unspecified atom stereocenters. The number of likely N-dealkylation sites (tertiary alicyclic amines) is 1. The number of amides is 1. The minimum absolute atomic E-state index is 0.00658. The van der Waals surface area contributed by atoms with Gasteiger partial charge in [-0.1, -0.05) is 29.0 Å². The van der Waals surface area contributed by atoms with Crippen molar-refractivity contribution >= 4 is 50.0 Å². The van der Waals surface area contributed by atoms with Crippen LogP contribution >= 0.6 is 11.3 Å². The summed E-state index contributed by atoms with van der Waals surface area (Å²) in [6.45, 7) is 3.45. The number of hydrogen-bond donors (Lipinski definition) is 2. The highest BCUT2D eigenvalue weighted by atomic mass is 32.1. The number of thiazole rings is 1. The Hall–Kier alpha value is -3.56. The Morgan fingerprint density at radius 3 is 2.65 bits per heavy atom. The van der Waals surface area contributed by atoms with E-state index in [1.165, 1.54) is 16.9 Å². The van der Waals surface area contributed by atoms with E-state index in [1.54, 1.807) is 18.3 Å². The molecule has 0 aliphatic carbocycles. The van der Waals surface area contributed by atoms with Crippen LogP contribution in [0, 0.1) is 6.92 Å². The smallest absolute Gasteiger partial charge is 0.254 e. The van der Waals surface area contributed by atoms with Crippen molar-refractivity contribution in [2.75, 3.05) is 30.4 Å². The molecule has 1 fully saturated rings. The van der Waals surface area contributed by atoms with Crippen LogP contribution in [0.2, 0.25) is 0 Å². The zero-order chi connectivity index (χ0) is 23.7. The molecule has 0 bridgehead atoms. The van der Waals surface area contributed by atoms with Crippen LogP contribution in [-0.2, 0) is 0 Å². The van der Waals surface area contributed by atoms with E-state index in [0.29, 0.717) is 29.6 Å². The fraction of sp³-hybridized carbons (Fsp3) is 0.280. The minimum Gasteiger partial charge on any atom is -0.339 e. The lowest BCUT2D eigenvalue weighted by molar-refractivity contribution is 0.0714. The molecule has 5 rings (SSSR count). The second-order valence-corrected chi connectivity index (χ2v) is 9.57. The molecule has 4 heterocycles. The predicted octanol–water partition coefficient (Wildman–Crippen LogP) is 4.47. The molecule has 3 aromatic heterocycles. The van der Waals surface area contributed by atoms with Crippen molar-refractivity contribution in [2.24, 2.45) is 5.73 Å². The first kappa shape index (κ1) is 22.2. The first-order valence-corrected chi connectivity index (χ1v) is 12.1. The normalized spacial score (nSPS) is 14.4. The number of nitrogens with zero attached hydrogens (tertiary/aromatic N) is 5. The SMILES string of the molecule is Cc1ccc(N(C)c2ccc3nc(Nc4cc(C(=O)N5CCC(N)CC5)ccn4)sc3n2)cc1. The second-order valence-electron chi connectivity index (χ2n) is 8.59. The van der Waals surface area contributed by atoms with E-state index in [2.05, 4.69) is 51.4 Å². The van der Waals surface area contributed by atoms with Gasteiger partial charge in [0.25, 0.3) is 5.91 Å². The summed E-state index contributed by atoms with van der Waals surface area (Å²) in [5.74, 6) is 1.43. The summed E-state index contributed by atoms with van der Waals surface area (Å²) in [5, 5.41) is 3.92. The lowest BCUT2D eigenvalue weighted by Crippen LogP contribution is -2.42. The fourth-order valence-corrected chi connectivity index (χ4v) is 4.82. The first-order valence-electron chi connectivity index (χ1n) is 11.3. The van der Waals surface area contributed by atoms with Crippen molar-refractivity contribution < 1.29 is 4.79 Å². The maximum Gasteiger partial charge on any atom is 0.254 e. The third-order valence-electron chi connectivity index (χ3n) is 6.07. The Bertz CT molecular complexity index is 1310. The number of nitrogens with two attached hydrogens (primary N) is 1. The van der Waals surface area contributed by atoms with Gasteiger partial charge in [-0.05, 0) is 56.2 Å². The molecule has 0 radical (unpaired) electrons. The van der Waals surface area contributed by atoms with Gasteiger partial charge >= 0.3 is 0 Å². The van der Waals surface area contributed by atoms with Crippen LogP contribution in [0.1, 0.15) is 28.8 Å². The summed E-state index contributed by atoms with van der Waals surface area (Å²) in [6, 6.07) is 16.0. The molecule has 1 amide bonds. The quantitative estimate of drug-likeness (QED) is 0.441. The Morgan fingerprint density at radius 1 is 1.12 bits per heavy atom. The summed E-state index contributed by atoms with van der Waals surface area (Å²) in [7, 11) is 2.00. The van der Waals surface area contributed by atoms with Crippen LogP contribution in [0.3, 0.4) is 0 Å². The summed E-state index contributed by atoms with van der Waals surface area (Å²) in [5.41, 5.74) is 9.67. The van der Waals surface area contributed by atoms with Crippen molar-refractivity contribution in [1.82, 2.24) is 19.9 Å². The lowest BCUT2D eigenvalue weighted by Gasteiger charge is -2.30. The first-order chi connectivity index (χ1) is 16.5. The van der Waals surface area contributed by atoms with Crippen LogP contribution in [-0.4, -0.2) is 51.9 Å². The van der Waals surface area contributed by atoms with Gasteiger partial charge in [0.2, 0.25) is 0 Å². The van der Waals surface area contributed by atoms with Crippen molar-refractivity contribution in [3.63, 3.8) is 0 Å². The number of carbonyl (C=O) groups excluding carboxylic acids is 1. The summed E-state index contributed by atoms with van der Waals surface area (Å²) in [4.78, 5) is 31.4. The average molecular weight is 474 g/mol. The molecule has 34 heavy (non-hydrogen) atoms. The molecule has 4 aromatic rings. The minimum atomic E-state index is 0.00658. The van der Waals surface area contributed by atoms with Crippen molar-refractivity contribution in [1.29, 1.82) is 0 Å². The third kappa shape index (κ3) is 4.71. The largest absolute Gasteiger partial charge is 0.339 e. The number of piperidine rings is 1. The Kier molecular flexibility index (Phi) is 6.12. The standard InChI is InChI=1S/C25H27N7OS/c1-16-3-5-19(6-4-16)31(2)22-8-7-20-23(30-22)34-25(28-20)29-21-15-17(9-12-27-21)24(33)32-13-10-18(26)11-14-32/h3-9,12,15,18H,10-11,13-14,26H2,1-2H3,(H,27,28,29). The van der Waals surface area contributed by atoms with Crippen LogP contribution in [0.15, 0.2) is 54.7 Å². The highest BCUT2D eigenvalue weighted by Gasteiger charge is 2.22. The van der Waals surface area contributed by atoms with Crippen LogP contribution in [0.5, 0.6) is 0 Å². The number of benzene rings is 1. The second kappa shape index (κ2) is 9.36. The van der Waals surface area contributed by atoms with Gasteiger partial charge in [0.15, 0.2) is 5.13 Å². The molecular weight excluding hydrogens is 446 g/mol. The van der Waals surface area contributed by atoms with Gasteiger partial charge in [-0.2, -0.15) is 0 Å². The molecule has 0 spiro atoms. The fourth-order valence-electron chi connectivity index (χ4n) is 3.97. The number of pyridine rings is 2. The van der Waals surface area contributed by atoms with Gasteiger partial charge in [0.1, 0.15) is 22.0 Å². The van der Waals surface area contributed by atoms with Crippen molar-refractivity contribution in [2.45, 2.75) is 25.8 Å². The zero-order valence-corrected chi connectivity index (χ0v) is 20.0. The zero-order valence-electron chi connectivity index (χ0n) is 19.2. The van der Waals surface area contributed by atoms with Crippen LogP contribution in [0.4, 0.5) is 22.5 Å². The molecular formula is C25H27N7OS.